The highest BCUT2D eigenvalue weighted by Gasteiger charge is 2.25. The standard InChI is InChI=1S/C17H24N4O2/c1-12(2)21-15-6-4-3-5-14(15)19-16(21)9-18-17(23)20-8-7-13(10-20)11-22/h3-6,12-13,22H,7-11H2,1-2H3,(H,18,23). The number of aliphatic hydroxyl groups is 1. The summed E-state index contributed by atoms with van der Waals surface area (Å²) in [6, 6.07) is 8.22. The molecule has 1 aromatic carbocycles. The number of fused-ring (bicyclic) bond motifs is 1. The summed E-state index contributed by atoms with van der Waals surface area (Å²) in [4.78, 5) is 18.7. The number of benzene rings is 1. The Hall–Kier alpha value is -2.08. The number of urea groups is 1. The number of carbonyl (C=O) groups excluding carboxylic acids is 1. The molecule has 1 unspecified atom stereocenters. The third-order valence-electron chi connectivity index (χ3n) is 4.41. The van der Waals surface area contributed by atoms with E-state index in [4.69, 9.17) is 0 Å². The van der Waals surface area contributed by atoms with Gasteiger partial charge in [0.15, 0.2) is 0 Å². The zero-order chi connectivity index (χ0) is 16.4. The normalized spacial score (nSPS) is 18.1. The quantitative estimate of drug-likeness (QED) is 0.908. The molecule has 0 radical (unpaired) electrons. The number of amides is 2. The van der Waals surface area contributed by atoms with Gasteiger partial charge in [-0.1, -0.05) is 12.1 Å². The van der Waals surface area contributed by atoms with Crippen molar-refractivity contribution in [3.63, 3.8) is 0 Å². The maximum atomic E-state index is 12.3. The zero-order valence-electron chi connectivity index (χ0n) is 13.7. The van der Waals surface area contributed by atoms with Gasteiger partial charge in [-0.05, 0) is 32.4 Å². The van der Waals surface area contributed by atoms with Crippen LogP contribution in [0, 0.1) is 5.92 Å². The number of aromatic nitrogens is 2. The Balaban J connectivity index is 1.72. The molecule has 0 aliphatic carbocycles. The Kier molecular flexibility index (Phi) is 4.52. The molecule has 3 rings (SSSR count). The van der Waals surface area contributed by atoms with E-state index in [1.54, 1.807) is 4.90 Å². The largest absolute Gasteiger partial charge is 0.396 e. The SMILES string of the molecule is CC(C)n1c(CNC(=O)N2CCC(CO)C2)nc2ccccc21. The molecular weight excluding hydrogens is 292 g/mol. The Morgan fingerprint density at radius 2 is 2.22 bits per heavy atom. The van der Waals surface area contributed by atoms with Crippen molar-refractivity contribution >= 4 is 17.1 Å². The number of imidazole rings is 1. The van der Waals surface area contributed by atoms with Crippen LogP contribution in [-0.2, 0) is 6.54 Å². The first kappa shape index (κ1) is 15.8. The smallest absolute Gasteiger partial charge is 0.317 e. The maximum Gasteiger partial charge on any atom is 0.317 e. The van der Waals surface area contributed by atoms with Gasteiger partial charge in [0, 0.05) is 31.7 Å². The summed E-state index contributed by atoms with van der Waals surface area (Å²) in [7, 11) is 0. The minimum atomic E-state index is -0.0803. The Labute approximate surface area is 136 Å². The number of para-hydroxylation sites is 2. The molecule has 6 nitrogen and oxygen atoms in total. The van der Waals surface area contributed by atoms with Crippen LogP contribution in [-0.4, -0.2) is 45.3 Å². The van der Waals surface area contributed by atoms with Gasteiger partial charge in [-0.3, -0.25) is 0 Å². The van der Waals surface area contributed by atoms with E-state index in [2.05, 4.69) is 34.8 Å². The van der Waals surface area contributed by atoms with E-state index >= 15 is 0 Å². The van der Waals surface area contributed by atoms with Gasteiger partial charge in [0.2, 0.25) is 0 Å². The van der Waals surface area contributed by atoms with E-state index in [0.29, 0.717) is 19.6 Å². The van der Waals surface area contributed by atoms with Gasteiger partial charge < -0.3 is 19.9 Å². The lowest BCUT2D eigenvalue weighted by atomic mass is 10.1. The lowest BCUT2D eigenvalue weighted by Crippen LogP contribution is -2.38. The van der Waals surface area contributed by atoms with Crippen LogP contribution in [0.5, 0.6) is 0 Å². The molecule has 23 heavy (non-hydrogen) atoms. The number of hydrogen-bond acceptors (Lipinski definition) is 3. The fourth-order valence-corrected chi connectivity index (χ4v) is 3.23. The van der Waals surface area contributed by atoms with E-state index in [0.717, 1.165) is 23.3 Å². The topological polar surface area (TPSA) is 70.4 Å². The van der Waals surface area contributed by atoms with Crippen LogP contribution in [0.3, 0.4) is 0 Å². The second-order valence-electron chi connectivity index (χ2n) is 6.42. The van der Waals surface area contributed by atoms with Crippen molar-refractivity contribution in [1.82, 2.24) is 19.8 Å². The number of likely N-dealkylation sites (tertiary alicyclic amines) is 1. The molecule has 6 heteroatoms. The minimum absolute atomic E-state index is 0.0803. The average molecular weight is 316 g/mol. The van der Waals surface area contributed by atoms with Gasteiger partial charge in [-0.15, -0.1) is 0 Å². The summed E-state index contributed by atoms with van der Waals surface area (Å²) in [5.74, 6) is 1.08. The number of carbonyl (C=O) groups is 1. The zero-order valence-corrected chi connectivity index (χ0v) is 13.7. The highest BCUT2D eigenvalue weighted by molar-refractivity contribution is 5.77. The molecule has 0 spiro atoms. The molecule has 2 N–H and O–H groups in total. The maximum absolute atomic E-state index is 12.3. The van der Waals surface area contributed by atoms with Crippen LogP contribution in [0.25, 0.3) is 11.0 Å². The van der Waals surface area contributed by atoms with Crippen LogP contribution in [0.4, 0.5) is 4.79 Å². The van der Waals surface area contributed by atoms with E-state index in [1.165, 1.54) is 0 Å². The highest BCUT2D eigenvalue weighted by atomic mass is 16.3. The number of nitrogens with zero attached hydrogens (tertiary/aromatic N) is 3. The molecule has 124 valence electrons. The number of hydrogen-bond donors (Lipinski definition) is 2. The minimum Gasteiger partial charge on any atom is -0.396 e. The molecule has 1 fully saturated rings. The van der Waals surface area contributed by atoms with Crippen molar-refractivity contribution in [2.45, 2.75) is 32.9 Å². The first-order valence-electron chi connectivity index (χ1n) is 8.19. The van der Waals surface area contributed by atoms with Crippen LogP contribution in [0.2, 0.25) is 0 Å². The summed E-state index contributed by atoms with van der Waals surface area (Å²) in [6.45, 7) is 6.12. The predicted octanol–water partition coefficient (Wildman–Crippen LogP) is 2.14. The Morgan fingerprint density at radius 1 is 1.43 bits per heavy atom. The van der Waals surface area contributed by atoms with Crippen molar-refractivity contribution in [2.75, 3.05) is 19.7 Å². The lowest BCUT2D eigenvalue weighted by Gasteiger charge is -2.18. The molecule has 0 saturated carbocycles. The summed E-state index contributed by atoms with van der Waals surface area (Å²) in [5.41, 5.74) is 2.04. The van der Waals surface area contributed by atoms with Gasteiger partial charge >= 0.3 is 6.03 Å². The highest BCUT2D eigenvalue weighted by Crippen LogP contribution is 2.21. The molecule has 1 saturated heterocycles. The Bertz CT molecular complexity index is 695. The van der Waals surface area contributed by atoms with E-state index in [1.807, 2.05) is 18.2 Å². The fraction of sp³-hybridized carbons (Fsp3) is 0.529. The third kappa shape index (κ3) is 3.17. The van der Waals surface area contributed by atoms with Crippen molar-refractivity contribution in [1.29, 1.82) is 0 Å². The van der Waals surface area contributed by atoms with Gasteiger partial charge in [0.05, 0.1) is 17.6 Å². The third-order valence-corrected chi connectivity index (χ3v) is 4.41. The average Bonchev–Trinajstić information content (AvgIpc) is 3.16. The summed E-state index contributed by atoms with van der Waals surface area (Å²) >= 11 is 0. The second kappa shape index (κ2) is 6.58. The van der Waals surface area contributed by atoms with Crippen LogP contribution >= 0.6 is 0 Å². The van der Waals surface area contributed by atoms with Gasteiger partial charge in [-0.2, -0.15) is 0 Å². The number of nitrogens with one attached hydrogen (secondary N) is 1. The number of rotatable bonds is 4. The lowest BCUT2D eigenvalue weighted by molar-refractivity contribution is 0.197. The molecule has 1 aromatic heterocycles. The van der Waals surface area contributed by atoms with Crippen molar-refractivity contribution in [3.05, 3.63) is 30.1 Å². The van der Waals surface area contributed by atoms with Crippen LogP contribution in [0.1, 0.15) is 32.1 Å². The van der Waals surface area contributed by atoms with Crippen molar-refractivity contribution in [2.24, 2.45) is 5.92 Å². The summed E-state index contributed by atoms with van der Waals surface area (Å²) in [5, 5.41) is 12.1. The first-order chi connectivity index (χ1) is 11.1. The van der Waals surface area contributed by atoms with Crippen molar-refractivity contribution < 1.29 is 9.90 Å². The molecule has 0 bridgehead atoms. The van der Waals surface area contributed by atoms with E-state index < -0.39 is 0 Å². The van der Waals surface area contributed by atoms with E-state index in [9.17, 15) is 9.90 Å². The van der Waals surface area contributed by atoms with Crippen LogP contribution in [0.15, 0.2) is 24.3 Å². The van der Waals surface area contributed by atoms with Gasteiger partial charge in [-0.25, -0.2) is 9.78 Å². The van der Waals surface area contributed by atoms with Crippen LogP contribution < -0.4 is 5.32 Å². The first-order valence-corrected chi connectivity index (χ1v) is 8.19. The monoisotopic (exact) mass is 316 g/mol. The van der Waals surface area contributed by atoms with Crippen molar-refractivity contribution in [3.8, 4) is 0 Å². The molecular formula is C17H24N4O2. The Morgan fingerprint density at radius 3 is 2.91 bits per heavy atom. The molecule has 1 aliphatic rings. The van der Waals surface area contributed by atoms with Gasteiger partial charge in [0.1, 0.15) is 5.82 Å². The summed E-state index contributed by atoms with van der Waals surface area (Å²) < 4.78 is 2.16. The molecule has 2 heterocycles. The fourth-order valence-electron chi connectivity index (χ4n) is 3.23. The van der Waals surface area contributed by atoms with Gasteiger partial charge in [0.25, 0.3) is 0 Å². The number of aliphatic hydroxyl groups excluding tert-OH is 1. The molecule has 1 atom stereocenters. The van der Waals surface area contributed by atoms with E-state index in [-0.39, 0.29) is 24.6 Å². The summed E-state index contributed by atoms with van der Waals surface area (Å²) in [6.07, 6.45) is 0.869. The predicted molar refractivity (Wildman–Crippen MR) is 89.1 cm³/mol. The molecule has 2 amide bonds. The second-order valence-corrected chi connectivity index (χ2v) is 6.42. The molecule has 2 aromatic rings. The molecule has 1 aliphatic heterocycles.